The number of nitrogens with one attached hydrogen (secondary N) is 1. The Morgan fingerprint density at radius 2 is 2.41 bits per heavy atom. The topological polar surface area (TPSA) is 37.6 Å². The van der Waals surface area contributed by atoms with Crippen LogP contribution in [0, 0.1) is 0 Å². The van der Waals surface area contributed by atoms with Crippen LogP contribution in [0.15, 0.2) is 16.7 Å². The largest absolute Gasteiger partial charge is 0.468 e. The summed E-state index contributed by atoms with van der Waals surface area (Å²) in [6.45, 7) is 6.78. The van der Waals surface area contributed by atoms with Gasteiger partial charge >= 0.3 is 0 Å². The molecule has 0 bridgehead atoms. The monoisotopic (exact) mass is 238 g/mol. The maximum Gasteiger partial charge on any atom is 0.118 e. The molecule has 4 heteroatoms. The number of morpholine rings is 1. The molecular formula is C13H22N2O2. The fraction of sp³-hybridized carbons (Fsp3) is 0.692. The zero-order chi connectivity index (χ0) is 12.1. The Morgan fingerprint density at radius 1 is 1.53 bits per heavy atom. The summed E-state index contributed by atoms with van der Waals surface area (Å²) in [7, 11) is 1.94. The van der Waals surface area contributed by atoms with Crippen molar-refractivity contribution in [2.75, 3.05) is 26.7 Å². The summed E-state index contributed by atoms with van der Waals surface area (Å²) >= 11 is 0. The lowest BCUT2D eigenvalue weighted by atomic mass is 10.2. The van der Waals surface area contributed by atoms with Gasteiger partial charge in [0.15, 0.2) is 0 Å². The van der Waals surface area contributed by atoms with Gasteiger partial charge in [0, 0.05) is 25.2 Å². The van der Waals surface area contributed by atoms with E-state index in [-0.39, 0.29) is 0 Å². The second kappa shape index (κ2) is 6.19. The molecule has 1 aliphatic heterocycles. The maximum atomic E-state index is 5.66. The first-order valence-electron chi connectivity index (χ1n) is 6.36. The highest BCUT2D eigenvalue weighted by molar-refractivity contribution is 5.12. The van der Waals surface area contributed by atoms with Gasteiger partial charge in [0.2, 0.25) is 0 Å². The van der Waals surface area contributed by atoms with Crippen molar-refractivity contribution in [2.24, 2.45) is 0 Å². The fourth-order valence-electron chi connectivity index (χ4n) is 2.20. The van der Waals surface area contributed by atoms with Gasteiger partial charge < -0.3 is 14.5 Å². The van der Waals surface area contributed by atoms with Gasteiger partial charge in [0.25, 0.3) is 0 Å². The second-order valence-electron chi connectivity index (χ2n) is 4.59. The molecule has 2 heterocycles. The summed E-state index contributed by atoms with van der Waals surface area (Å²) < 4.78 is 11.2. The minimum atomic E-state index is 0.385. The predicted molar refractivity (Wildman–Crippen MR) is 66.8 cm³/mol. The lowest BCUT2D eigenvalue weighted by Crippen LogP contribution is -2.41. The van der Waals surface area contributed by atoms with Crippen LogP contribution in [0.5, 0.6) is 0 Å². The van der Waals surface area contributed by atoms with Crippen LogP contribution in [0.4, 0.5) is 0 Å². The average Bonchev–Trinajstić information content (AvgIpc) is 2.77. The molecular weight excluding hydrogens is 216 g/mol. The molecule has 1 aromatic rings. The van der Waals surface area contributed by atoms with Gasteiger partial charge in [0.05, 0.1) is 25.5 Å². The summed E-state index contributed by atoms with van der Waals surface area (Å²) in [6.07, 6.45) is 3.30. The third-order valence-electron chi connectivity index (χ3n) is 3.15. The van der Waals surface area contributed by atoms with Crippen molar-refractivity contribution < 1.29 is 9.15 Å². The van der Waals surface area contributed by atoms with Crippen molar-refractivity contribution in [1.82, 2.24) is 10.2 Å². The molecule has 1 fully saturated rings. The molecule has 0 saturated carbocycles. The van der Waals surface area contributed by atoms with E-state index in [1.165, 1.54) is 5.56 Å². The molecule has 96 valence electrons. The number of furan rings is 1. The Morgan fingerprint density at radius 3 is 3.18 bits per heavy atom. The normalized spacial score (nSPS) is 21.9. The Hall–Kier alpha value is -0.840. The summed E-state index contributed by atoms with van der Waals surface area (Å²) in [5, 5.41) is 3.12. The highest BCUT2D eigenvalue weighted by Gasteiger charge is 2.19. The number of rotatable bonds is 5. The van der Waals surface area contributed by atoms with Gasteiger partial charge in [0.1, 0.15) is 5.76 Å². The van der Waals surface area contributed by atoms with E-state index >= 15 is 0 Å². The maximum absolute atomic E-state index is 5.66. The second-order valence-corrected chi connectivity index (χ2v) is 4.59. The van der Waals surface area contributed by atoms with Gasteiger partial charge in [-0.15, -0.1) is 0 Å². The van der Waals surface area contributed by atoms with Crippen LogP contribution in [-0.2, 0) is 17.8 Å². The summed E-state index contributed by atoms with van der Waals surface area (Å²) in [5.41, 5.74) is 1.21. The highest BCUT2D eigenvalue weighted by atomic mass is 16.5. The number of ether oxygens (including phenoxy) is 1. The quantitative estimate of drug-likeness (QED) is 0.845. The van der Waals surface area contributed by atoms with Crippen LogP contribution in [0.25, 0.3) is 0 Å². The Balaban J connectivity index is 1.86. The molecule has 1 aromatic heterocycles. The molecule has 4 nitrogen and oxygen atoms in total. The standard InChI is InChI=1S/C13H22N2O2/c1-3-12-8-15(4-5-16-12)9-13-6-11(7-14-2)10-17-13/h6,10,12,14H,3-5,7-9H2,1-2H3. The number of hydrogen-bond acceptors (Lipinski definition) is 4. The first-order chi connectivity index (χ1) is 8.31. The summed E-state index contributed by atoms with van der Waals surface area (Å²) in [4.78, 5) is 2.40. The minimum absolute atomic E-state index is 0.385. The van der Waals surface area contributed by atoms with Crippen LogP contribution < -0.4 is 5.32 Å². The molecule has 1 saturated heterocycles. The lowest BCUT2D eigenvalue weighted by molar-refractivity contribution is -0.0341. The van der Waals surface area contributed by atoms with Crippen LogP contribution in [-0.4, -0.2) is 37.7 Å². The highest BCUT2D eigenvalue weighted by Crippen LogP contribution is 2.14. The summed E-state index contributed by atoms with van der Waals surface area (Å²) in [5.74, 6) is 1.05. The molecule has 1 aliphatic rings. The molecule has 1 atom stereocenters. The molecule has 0 radical (unpaired) electrons. The molecule has 0 amide bonds. The van der Waals surface area contributed by atoms with Gasteiger partial charge in [-0.3, -0.25) is 4.90 Å². The third-order valence-corrected chi connectivity index (χ3v) is 3.15. The van der Waals surface area contributed by atoms with E-state index < -0.39 is 0 Å². The smallest absolute Gasteiger partial charge is 0.118 e. The zero-order valence-electron chi connectivity index (χ0n) is 10.7. The van der Waals surface area contributed by atoms with Crippen molar-refractivity contribution in [2.45, 2.75) is 32.5 Å². The van der Waals surface area contributed by atoms with E-state index in [4.69, 9.17) is 9.15 Å². The van der Waals surface area contributed by atoms with Crippen LogP contribution in [0.3, 0.4) is 0 Å². The molecule has 1 unspecified atom stereocenters. The predicted octanol–water partition coefficient (Wildman–Crippen LogP) is 1.61. The number of hydrogen-bond donors (Lipinski definition) is 1. The number of nitrogens with zero attached hydrogens (tertiary/aromatic N) is 1. The molecule has 0 spiro atoms. The van der Waals surface area contributed by atoms with Gasteiger partial charge in [-0.25, -0.2) is 0 Å². The van der Waals surface area contributed by atoms with Crippen LogP contribution in [0.1, 0.15) is 24.7 Å². The van der Waals surface area contributed by atoms with Gasteiger partial charge in [-0.2, -0.15) is 0 Å². The molecule has 0 aromatic carbocycles. The van der Waals surface area contributed by atoms with E-state index in [2.05, 4.69) is 23.2 Å². The fourth-order valence-corrected chi connectivity index (χ4v) is 2.20. The van der Waals surface area contributed by atoms with Crippen molar-refractivity contribution in [3.63, 3.8) is 0 Å². The van der Waals surface area contributed by atoms with E-state index in [0.29, 0.717) is 6.10 Å². The summed E-state index contributed by atoms with van der Waals surface area (Å²) in [6, 6.07) is 2.13. The van der Waals surface area contributed by atoms with Crippen LogP contribution in [0.2, 0.25) is 0 Å². The van der Waals surface area contributed by atoms with Gasteiger partial charge in [-0.1, -0.05) is 6.92 Å². The molecule has 0 aliphatic carbocycles. The average molecular weight is 238 g/mol. The Bertz CT molecular complexity index is 338. The first-order valence-corrected chi connectivity index (χ1v) is 6.36. The third kappa shape index (κ3) is 3.56. The van der Waals surface area contributed by atoms with Crippen molar-refractivity contribution >= 4 is 0 Å². The van der Waals surface area contributed by atoms with E-state index in [9.17, 15) is 0 Å². The molecule has 2 rings (SSSR count). The zero-order valence-corrected chi connectivity index (χ0v) is 10.7. The van der Waals surface area contributed by atoms with Gasteiger partial charge in [-0.05, 0) is 19.5 Å². The Labute approximate surface area is 103 Å². The Kier molecular flexibility index (Phi) is 4.59. The van der Waals surface area contributed by atoms with Crippen molar-refractivity contribution in [1.29, 1.82) is 0 Å². The van der Waals surface area contributed by atoms with Crippen molar-refractivity contribution in [3.8, 4) is 0 Å². The van der Waals surface area contributed by atoms with E-state index in [1.54, 1.807) is 0 Å². The molecule has 1 N–H and O–H groups in total. The van der Waals surface area contributed by atoms with E-state index in [0.717, 1.165) is 45.0 Å². The SMILES string of the molecule is CCC1CN(Cc2cc(CNC)co2)CCO1. The van der Waals surface area contributed by atoms with E-state index in [1.807, 2.05) is 13.3 Å². The lowest BCUT2D eigenvalue weighted by Gasteiger charge is -2.31. The van der Waals surface area contributed by atoms with Crippen molar-refractivity contribution in [3.05, 3.63) is 23.7 Å². The molecule has 17 heavy (non-hydrogen) atoms. The van der Waals surface area contributed by atoms with Crippen LogP contribution >= 0.6 is 0 Å². The first kappa shape index (κ1) is 12.6. The minimum Gasteiger partial charge on any atom is -0.468 e.